The largest absolute Gasteiger partial charge is 0.493 e. The average Bonchev–Trinajstić information content (AvgIpc) is 2.88. The van der Waals surface area contributed by atoms with Crippen molar-refractivity contribution in [1.29, 1.82) is 0 Å². The fourth-order valence-electron chi connectivity index (χ4n) is 1.52. The zero-order valence-electron chi connectivity index (χ0n) is 9.85. The second-order valence-corrected chi connectivity index (χ2v) is 4.65. The topological polar surface area (TPSA) is 39.2 Å². The number of benzene rings is 1. The Bertz CT molecular complexity index is 553. The molecule has 0 aliphatic heterocycles. The number of hydrogen-bond donors (Lipinski definition) is 0. The Morgan fingerprint density at radius 3 is 2.94 bits per heavy atom. The van der Waals surface area contributed by atoms with Crippen LogP contribution >= 0.6 is 22.9 Å². The van der Waals surface area contributed by atoms with Crippen molar-refractivity contribution in [3.05, 3.63) is 35.3 Å². The van der Waals surface area contributed by atoms with E-state index in [1.54, 1.807) is 5.38 Å². The first-order valence-corrected chi connectivity index (χ1v) is 6.94. The number of rotatable bonds is 5. The number of nitrogens with zero attached hydrogens (tertiary/aromatic N) is 1. The van der Waals surface area contributed by atoms with Crippen LogP contribution in [0.3, 0.4) is 0 Å². The maximum absolute atomic E-state index is 11.4. The lowest BCUT2D eigenvalue weighted by molar-refractivity contribution is 0.101. The van der Waals surface area contributed by atoms with Crippen molar-refractivity contribution in [2.45, 2.75) is 6.92 Å². The predicted molar refractivity (Wildman–Crippen MR) is 73.8 cm³/mol. The summed E-state index contributed by atoms with van der Waals surface area (Å²) in [4.78, 5) is 15.7. The molecule has 0 saturated heterocycles. The molecule has 2 aromatic rings. The van der Waals surface area contributed by atoms with E-state index in [0.29, 0.717) is 12.3 Å². The highest BCUT2D eigenvalue weighted by Crippen LogP contribution is 2.32. The van der Waals surface area contributed by atoms with Gasteiger partial charge in [0.2, 0.25) is 0 Å². The molecule has 0 radical (unpaired) electrons. The number of para-hydroxylation sites is 1. The van der Waals surface area contributed by atoms with Gasteiger partial charge in [-0.05, 0) is 19.1 Å². The molecule has 2 rings (SSSR count). The van der Waals surface area contributed by atoms with Crippen molar-refractivity contribution in [3.63, 3.8) is 0 Å². The number of ether oxygens (including phenoxy) is 1. The van der Waals surface area contributed by atoms with Crippen molar-refractivity contribution < 1.29 is 9.53 Å². The standard InChI is InChI=1S/C13H12ClNO2S/c1-2-17-12-6-4-3-5-9(12)13-15-10(8-18-13)11(16)7-14/h3-6,8H,2,7H2,1H3. The summed E-state index contributed by atoms with van der Waals surface area (Å²) in [6.45, 7) is 2.52. The van der Waals surface area contributed by atoms with Crippen LogP contribution in [0.4, 0.5) is 0 Å². The third-order valence-corrected chi connectivity index (χ3v) is 3.45. The molecular formula is C13H12ClNO2S. The molecular weight excluding hydrogens is 270 g/mol. The number of hydrogen-bond acceptors (Lipinski definition) is 4. The summed E-state index contributed by atoms with van der Waals surface area (Å²) < 4.78 is 5.54. The van der Waals surface area contributed by atoms with E-state index in [0.717, 1.165) is 16.3 Å². The van der Waals surface area contributed by atoms with Gasteiger partial charge < -0.3 is 4.74 Å². The van der Waals surface area contributed by atoms with Gasteiger partial charge in [-0.1, -0.05) is 12.1 Å². The van der Waals surface area contributed by atoms with E-state index in [9.17, 15) is 4.79 Å². The minimum absolute atomic E-state index is 0.0454. The first kappa shape index (κ1) is 13.1. The fraction of sp³-hybridized carbons (Fsp3) is 0.231. The van der Waals surface area contributed by atoms with Crippen molar-refractivity contribution in [1.82, 2.24) is 4.98 Å². The number of carbonyl (C=O) groups excluding carboxylic acids is 1. The van der Waals surface area contributed by atoms with E-state index >= 15 is 0 Å². The molecule has 1 aromatic heterocycles. The van der Waals surface area contributed by atoms with Gasteiger partial charge in [-0.3, -0.25) is 4.79 Å². The molecule has 3 nitrogen and oxygen atoms in total. The Labute approximate surface area is 114 Å². The SMILES string of the molecule is CCOc1ccccc1-c1nc(C(=O)CCl)cs1. The summed E-state index contributed by atoms with van der Waals surface area (Å²) in [5.74, 6) is 0.572. The van der Waals surface area contributed by atoms with Gasteiger partial charge >= 0.3 is 0 Å². The van der Waals surface area contributed by atoms with Gasteiger partial charge in [0, 0.05) is 5.38 Å². The van der Waals surface area contributed by atoms with E-state index in [1.165, 1.54) is 11.3 Å². The minimum atomic E-state index is -0.159. The fourth-order valence-corrected chi connectivity index (χ4v) is 2.51. The normalized spacial score (nSPS) is 10.3. The number of ketones is 1. The lowest BCUT2D eigenvalue weighted by atomic mass is 10.2. The zero-order chi connectivity index (χ0) is 13.0. The second kappa shape index (κ2) is 5.98. The van der Waals surface area contributed by atoms with E-state index in [2.05, 4.69) is 4.98 Å². The third kappa shape index (κ3) is 2.71. The lowest BCUT2D eigenvalue weighted by Crippen LogP contribution is -2.00. The molecule has 5 heteroatoms. The monoisotopic (exact) mass is 281 g/mol. The van der Waals surface area contributed by atoms with E-state index in [-0.39, 0.29) is 11.7 Å². The molecule has 0 unspecified atom stereocenters. The van der Waals surface area contributed by atoms with Crippen molar-refractivity contribution in [2.75, 3.05) is 12.5 Å². The molecule has 1 aromatic carbocycles. The van der Waals surface area contributed by atoms with Crippen LogP contribution in [-0.2, 0) is 0 Å². The molecule has 94 valence electrons. The number of halogens is 1. The first-order chi connectivity index (χ1) is 8.76. The molecule has 0 aliphatic carbocycles. The van der Waals surface area contributed by atoms with Gasteiger partial charge in [0.15, 0.2) is 5.78 Å². The minimum Gasteiger partial charge on any atom is -0.493 e. The smallest absolute Gasteiger partial charge is 0.196 e. The third-order valence-electron chi connectivity index (χ3n) is 2.33. The van der Waals surface area contributed by atoms with E-state index in [4.69, 9.17) is 16.3 Å². The van der Waals surface area contributed by atoms with Gasteiger partial charge in [0.05, 0.1) is 18.1 Å². The van der Waals surface area contributed by atoms with Crippen LogP contribution < -0.4 is 4.74 Å². The van der Waals surface area contributed by atoms with Crippen LogP contribution in [0.1, 0.15) is 17.4 Å². The molecule has 0 spiro atoms. The summed E-state index contributed by atoms with van der Waals surface area (Å²) in [6, 6.07) is 7.65. The number of aromatic nitrogens is 1. The molecule has 0 atom stereocenters. The van der Waals surface area contributed by atoms with Gasteiger partial charge in [0.1, 0.15) is 16.5 Å². The number of Topliss-reactive ketones (excluding diaryl/α,β-unsaturated/α-hetero) is 1. The van der Waals surface area contributed by atoms with Crippen LogP contribution in [-0.4, -0.2) is 23.3 Å². The van der Waals surface area contributed by atoms with Crippen LogP contribution in [0, 0.1) is 0 Å². The Hall–Kier alpha value is -1.39. The molecule has 0 fully saturated rings. The summed E-state index contributed by atoms with van der Waals surface area (Å²) in [5, 5.41) is 2.50. The number of thiazole rings is 1. The summed E-state index contributed by atoms with van der Waals surface area (Å²) in [7, 11) is 0. The maximum atomic E-state index is 11.4. The predicted octanol–water partition coefficient (Wildman–Crippen LogP) is 3.63. The summed E-state index contributed by atoms with van der Waals surface area (Å²) in [5.41, 5.74) is 1.31. The first-order valence-electron chi connectivity index (χ1n) is 5.53. The molecule has 1 heterocycles. The summed E-state index contributed by atoms with van der Waals surface area (Å²) in [6.07, 6.45) is 0. The Kier molecular flexibility index (Phi) is 4.33. The van der Waals surface area contributed by atoms with Crippen molar-refractivity contribution in [3.8, 4) is 16.3 Å². The molecule has 0 saturated carbocycles. The molecule has 18 heavy (non-hydrogen) atoms. The summed E-state index contributed by atoms with van der Waals surface area (Å²) >= 11 is 6.93. The van der Waals surface area contributed by atoms with E-state index < -0.39 is 0 Å². The number of carbonyl (C=O) groups is 1. The van der Waals surface area contributed by atoms with Crippen molar-refractivity contribution >= 4 is 28.7 Å². The highest BCUT2D eigenvalue weighted by Gasteiger charge is 2.13. The van der Waals surface area contributed by atoms with Crippen LogP contribution in [0.5, 0.6) is 5.75 Å². The van der Waals surface area contributed by atoms with Gasteiger partial charge in [0.25, 0.3) is 0 Å². The maximum Gasteiger partial charge on any atom is 0.196 e. The molecule has 0 amide bonds. The zero-order valence-corrected chi connectivity index (χ0v) is 11.4. The Morgan fingerprint density at radius 2 is 2.22 bits per heavy atom. The van der Waals surface area contributed by atoms with Crippen molar-refractivity contribution in [2.24, 2.45) is 0 Å². The van der Waals surface area contributed by atoms with Crippen LogP contribution in [0.25, 0.3) is 10.6 Å². The van der Waals surface area contributed by atoms with Crippen LogP contribution in [0.15, 0.2) is 29.6 Å². The molecule has 0 N–H and O–H groups in total. The van der Waals surface area contributed by atoms with Gasteiger partial charge in [-0.25, -0.2) is 4.98 Å². The van der Waals surface area contributed by atoms with Crippen LogP contribution in [0.2, 0.25) is 0 Å². The highest BCUT2D eigenvalue weighted by atomic mass is 35.5. The Balaban J connectivity index is 2.36. The molecule has 0 aliphatic rings. The second-order valence-electron chi connectivity index (χ2n) is 3.52. The highest BCUT2D eigenvalue weighted by molar-refractivity contribution is 7.13. The average molecular weight is 282 g/mol. The molecule has 0 bridgehead atoms. The van der Waals surface area contributed by atoms with Gasteiger partial charge in [-0.15, -0.1) is 22.9 Å². The van der Waals surface area contributed by atoms with Gasteiger partial charge in [-0.2, -0.15) is 0 Å². The quantitative estimate of drug-likeness (QED) is 0.620. The number of alkyl halides is 1. The lowest BCUT2D eigenvalue weighted by Gasteiger charge is -2.07. The Morgan fingerprint density at radius 1 is 1.44 bits per heavy atom. The van der Waals surface area contributed by atoms with E-state index in [1.807, 2.05) is 31.2 Å².